The minimum absolute atomic E-state index is 0.481. The van der Waals surface area contributed by atoms with E-state index < -0.39 is 0 Å². The number of carbonyl (C=O) groups is 1. The molecule has 3 aliphatic carbocycles. The fourth-order valence-electron chi connectivity index (χ4n) is 4.67. The molecule has 3 atom stereocenters. The molecule has 0 aromatic rings. The zero-order valence-corrected chi connectivity index (χ0v) is 11.0. The maximum absolute atomic E-state index is 12.1. The number of ketones is 1. The van der Waals surface area contributed by atoms with Gasteiger partial charge in [0.15, 0.2) is 5.78 Å². The van der Waals surface area contributed by atoms with Crippen LogP contribution in [0.4, 0.5) is 0 Å². The van der Waals surface area contributed by atoms with Crippen molar-refractivity contribution in [3.63, 3.8) is 0 Å². The Morgan fingerprint density at radius 1 is 1.12 bits per heavy atom. The lowest BCUT2D eigenvalue weighted by Crippen LogP contribution is -2.31. The van der Waals surface area contributed by atoms with Crippen molar-refractivity contribution in [3.8, 4) is 0 Å². The Hall–Kier alpha value is -0.590. The van der Waals surface area contributed by atoms with Crippen molar-refractivity contribution in [1.82, 2.24) is 0 Å². The summed E-state index contributed by atoms with van der Waals surface area (Å²) in [5.74, 6) is 3.23. The van der Waals surface area contributed by atoms with E-state index in [2.05, 4.69) is 6.92 Å². The summed E-state index contributed by atoms with van der Waals surface area (Å²) in [6, 6.07) is 0. The lowest BCUT2D eigenvalue weighted by Gasteiger charge is -2.40. The zero-order chi connectivity index (χ0) is 11.8. The second kappa shape index (κ2) is 4.59. The minimum atomic E-state index is 0.481. The monoisotopic (exact) mass is 232 g/mol. The van der Waals surface area contributed by atoms with E-state index >= 15 is 0 Å². The van der Waals surface area contributed by atoms with E-state index in [-0.39, 0.29) is 0 Å². The van der Waals surface area contributed by atoms with Crippen molar-refractivity contribution < 1.29 is 4.79 Å². The fraction of sp³-hybridized carbons (Fsp3) is 0.812. The quantitative estimate of drug-likeness (QED) is 0.694. The topological polar surface area (TPSA) is 17.1 Å². The fourth-order valence-corrected chi connectivity index (χ4v) is 4.67. The van der Waals surface area contributed by atoms with Gasteiger partial charge in [0.2, 0.25) is 0 Å². The molecular formula is C16H24O. The maximum atomic E-state index is 12.1. The zero-order valence-electron chi connectivity index (χ0n) is 11.0. The molecule has 1 heteroatoms. The summed E-state index contributed by atoms with van der Waals surface area (Å²) in [5, 5.41) is 0. The van der Waals surface area contributed by atoms with E-state index in [0.717, 1.165) is 37.0 Å². The summed E-state index contributed by atoms with van der Waals surface area (Å²) >= 11 is 0. The predicted molar refractivity (Wildman–Crippen MR) is 69.7 cm³/mol. The number of fused-ring (bicyclic) bond motifs is 3. The molecule has 0 heterocycles. The maximum Gasteiger partial charge on any atom is 0.158 e. The number of allylic oxidation sites excluding steroid dienone is 2. The van der Waals surface area contributed by atoms with Gasteiger partial charge in [0.1, 0.15) is 0 Å². The first-order chi connectivity index (χ1) is 8.31. The highest BCUT2D eigenvalue weighted by Crippen LogP contribution is 2.52. The van der Waals surface area contributed by atoms with E-state index in [1.807, 2.05) is 0 Å². The summed E-state index contributed by atoms with van der Waals surface area (Å²) in [6.07, 6.45) is 11.1. The van der Waals surface area contributed by atoms with Gasteiger partial charge in [-0.15, -0.1) is 0 Å². The Bertz CT molecular complexity index is 353. The molecule has 94 valence electrons. The van der Waals surface area contributed by atoms with Gasteiger partial charge in [0, 0.05) is 6.42 Å². The predicted octanol–water partition coefficient (Wildman–Crippen LogP) is 4.27. The Balaban J connectivity index is 1.92. The van der Waals surface area contributed by atoms with E-state index in [0.29, 0.717) is 5.78 Å². The van der Waals surface area contributed by atoms with Crippen LogP contribution in [0.15, 0.2) is 11.1 Å². The smallest absolute Gasteiger partial charge is 0.158 e. The van der Waals surface area contributed by atoms with Crippen LogP contribution in [0.5, 0.6) is 0 Å². The van der Waals surface area contributed by atoms with Crippen LogP contribution in [0, 0.1) is 17.8 Å². The SMILES string of the molecule is CCCC1=C2CCC3CCCC3C2CCC1=O. The molecule has 0 radical (unpaired) electrons. The van der Waals surface area contributed by atoms with Crippen molar-refractivity contribution >= 4 is 5.78 Å². The van der Waals surface area contributed by atoms with Crippen LogP contribution in [-0.4, -0.2) is 5.78 Å². The molecule has 0 N–H and O–H groups in total. The Morgan fingerprint density at radius 2 is 2.00 bits per heavy atom. The molecule has 0 spiro atoms. The van der Waals surface area contributed by atoms with Crippen LogP contribution in [0.1, 0.15) is 64.7 Å². The first kappa shape index (κ1) is 11.5. The van der Waals surface area contributed by atoms with Crippen molar-refractivity contribution in [3.05, 3.63) is 11.1 Å². The molecule has 3 aliphatic rings. The number of Topliss-reactive ketones (excluding diaryl/α,β-unsaturated/α-hetero) is 1. The normalized spacial score (nSPS) is 37.0. The third-order valence-corrected chi connectivity index (χ3v) is 5.37. The van der Waals surface area contributed by atoms with Crippen molar-refractivity contribution in [2.24, 2.45) is 17.8 Å². The molecule has 3 rings (SSSR count). The third-order valence-electron chi connectivity index (χ3n) is 5.37. The standard InChI is InChI=1S/C16H24O/c1-2-4-15-14-8-7-11-5-3-6-12(11)13(14)9-10-16(15)17/h11-13H,2-10H2,1H3. The molecule has 2 fully saturated rings. The lowest BCUT2D eigenvalue weighted by atomic mass is 9.65. The number of carbonyl (C=O) groups excluding carboxylic acids is 1. The molecule has 0 amide bonds. The van der Waals surface area contributed by atoms with Gasteiger partial charge in [0.05, 0.1) is 0 Å². The molecule has 0 aromatic heterocycles. The van der Waals surface area contributed by atoms with Crippen LogP contribution in [0.3, 0.4) is 0 Å². The van der Waals surface area contributed by atoms with Gasteiger partial charge in [-0.25, -0.2) is 0 Å². The van der Waals surface area contributed by atoms with Crippen LogP contribution < -0.4 is 0 Å². The van der Waals surface area contributed by atoms with Gasteiger partial charge in [-0.1, -0.05) is 31.8 Å². The average molecular weight is 232 g/mol. The Morgan fingerprint density at radius 3 is 2.82 bits per heavy atom. The Kier molecular flexibility index (Phi) is 3.10. The second-order valence-corrected chi connectivity index (χ2v) is 6.22. The van der Waals surface area contributed by atoms with E-state index in [9.17, 15) is 4.79 Å². The molecule has 0 aromatic carbocycles. The number of hydrogen-bond acceptors (Lipinski definition) is 1. The summed E-state index contributed by atoms with van der Waals surface area (Å²) in [7, 11) is 0. The highest BCUT2D eigenvalue weighted by atomic mass is 16.1. The molecule has 0 saturated heterocycles. The van der Waals surface area contributed by atoms with Gasteiger partial charge < -0.3 is 0 Å². The van der Waals surface area contributed by atoms with Crippen LogP contribution in [0.25, 0.3) is 0 Å². The lowest BCUT2D eigenvalue weighted by molar-refractivity contribution is -0.116. The van der Waals surface area contributed by atoms with Gasteiger partial charge in [-0.05, 0) is 55.4 Å². The average Bonchev–Trinajstić information content (AvgIpc) is 2.80. The van der Waals surface area contributed by atoms with E-state index in [1.54, 1.807) is 5.57 Å². The van der Waals surface area contributed by atoms with Crippen LogP contribution in [-0.2, 0) is 4.79 Å². The molecule has 1 nitrogen and oxygen atoms in total. The van der Waals surface area contributed by atoms with Crippen LogP contribution in [0.2, 0.25) is 0 Å². The summed E-state index contributed by atoms with van der Waals surface area (Å²) in [6.45, 7) is 2.20. The summed E-state index contributed by atoms with van der Waals surface area (Å²) in [4.78, 5) is 12.1. The molecule has 17 heavy (non-hydrogen) atoms. The van der Waals surface area contributed by atoms with Gasteiger partial charge >= 0.3 is 0 Å². The van der Waals surface area contributed by atoms with Crippen LogP contribution >= 0.6 is 0 Å². The minimum Gasteiger partial charge on any atom is -0.295 e. The second-order valence-electron chi connectivity index (χ2n) is 6.22. The first-order valence-electron chi connectivity index (χ1n) is 7.56. The van der Waals surface area contributed by atoms with E-state index in [4.69, 9.17) is 0 Å². The van der Waals surface area contributed by atoms with Gasteiger partial charge in [-0.2, -0.15) is 0 Å². The number of hydrogen-bond donors (Lipinski definition) is 0. The highest BCUT2D eigenvalue weighted by molar-refractivity contribution is 5.97. The molecule has 3 unspecified atom stereocenters. The molecule has 2 saturated carbocycles. The molecule has 0 aliphatic heterocycles. The van der Waals surface area contributed by atoms with Gasteiger partial charge in [0.25, 0.3) is 0 Å². The van der Waals surface area contributed by atoms with Gasteiger partial charge in [-0.3, -0.25) is 4.79 Å². The summed E-state index contributed by atoms with van der Waals surface area (Å²) in [5.41, 5.74) is 2.86. The highest BCUT2D eigenvalue weighted by Gasteiger charge is 2.42. The Labute approximate surface area is 105 Å². The first-order valence-corrected chi connectivity index (χ1v) is 7.56. The van der Waals surface area contributed by atoms with Crippen molar-refractivity contribution in [1.29, 1.82) is 0 Å². The van der Waals surface area contributed by atoms with Crippen molar-refractivity contribution in [2.45, 2.75) is 64.7 Å². The number of rotatable bonds is 2. The summed E-state index contributed by atoms with van der Waals surface area (Å²) < 4.78 is 0. The van der Waals surface area contributed by atoms with E-state index in [1.165, 1.54) is 44.1 Å². The molecule has 0 bridgehead atoms. The van der Waals surface area contributed by atoms with Crippen molar-refractivity contribution in [2.75, 3.05) is 0 Å². The third kappa shape index (κ3) is 1.88. The largest absolute Gasteiger partial charge is 0.295 e. The molecular weight excluding hydrogens is 208 g/mol.